The maximum atomic E-state index is 12.1. The van der Waals surface area contributed by atoms with Gasteiger partial charge in [-0.05, 0) is 15.9 Å². The zero-order valence-corrected chi connectivity index (χ0v) is 11.7. The fourth-order valence-corrected chi connectivity index (χ4v) is 1.68. The van der Waals surface area contributed by atoms with Gasteiger partial charge in [-0.3, -0.25) is 4.79 Å². The molecule has 0 amide bonds. The lowest BCUT2D eigenvalue weighted by Gasteiger charge is -2.13. The monoisotopic (exact) mass is 341 g/mol. The van der Waals surface area contributed by atoms with E-state index in [9.17, 15) is 13.6 Å². The van der Waals surface area contributed by atoms with Gasteiger partial charge >= 0.3 is 0 Å². The molecule has 1 atom stereocenters. The molecular formula is C10H14BrF2N3O3. The largest absolute Gasteiger partial charge is 0.385 e. The van der Waals surface area contributed by atoms with Crippen molar-refractivity contribution in [2.24, 2.45) is 0 Å². The van der Waals surface area contributed by atoms with Crippen LogP contribution < -0.4 is 10.9 Å². The Labute approximate surface area is 116 Å². The van der Waals surface area contributed by atoms with Crippen molar-refractivity contribution >= 4 is 21.6 Å². The number of methoxy groups -OCH3 is 1. The standard InChI is InChI=1S/C10H14BrF2N3O3/c1-19-3-2-16-10(18)8(11)6(4-15-16)14-5-7(17)9(12)13/h4,7,9,14,17H,2-3,5H2,1H3. The van der Waals surface area contributed by atoms with Gasteiger partial charge < -0.3 is 15.2 Å². The third-order valence-corrected chi connectivity index (χ3v) is 3.05. The third-order valence-electron chi connectivity index (χ3n) is 2.28. The van der Waals surface area contributed by atoms with Crippen molar-refractivity contribution < 1.29 is 18.6 Å². The molecule has 19 heavy (non-hydrogen) atoms. The van der Waals surface area contributed by atoms with Gasteiger partial charge in [0.15, 0.2) is 0 Å². The number of anilines is 1. The second-order valence-corrected chi connectivity index (χ2v) is 4.47. The Morgan fingerprint density at radius 1 is 1.63 bits per heavy atom. The summed E-state index contributed by atoms with van der Waals surface area (Å²) in [5.74, 6) is 0. The van der Waals surface area contributed by atoms with Crippen LogP contribution in [-0.4, -0.2) is 47.7 Å². The van der Waals surface area contributed by atoms with Gasteiger partial charge in [0, 0.05) is 13.7 Å². The number of nitrogens with one attached hydrogen (secondary N) is 1. The molecule has 9 heteroatoms. The van der Waals surface area contributed by atoms with Gasteiger partial charge in [0.2, 0.25) is 0 Å². The predicted molar refractivity (Wildman–Crippen MR) is 68.6 cm³/mol. The van der Waals surface area contributed by atoms with Gasteiger partial charge in [-0.25, -0.2) is 13.5 Å². The Morgan fingerprint density at radius 3 is 2.89 bits per heavy atom. The maximum absolute atomic E-state index is 12.1. The Kier molecular flexibility index (Phi) is 6.32. The highest BCUT2D eigenvalue weighted by molar-refractivity contribution is 9.10. The van der Waals surface area contributed by atoms with Crippen LogP contribution in [0.5, 0.6) is 0 Å². The predicted octanol–water partition coefficient (Wildman–Crippen LogP) is 0.690. The van der Waals surface area contributed by atoms with Gasteiger partial charge in [0.25, 0.3) is 12.0 Å². The molecule has 0 aliphatic carbocycles. The van der Waals surface area contributed by atoms with E-state index >= 15 is 0 Å². The summed E-state index contributed by atoms with van der Waals surface area (Å²) in [4.78, 5) is 11.8. The van der Waals surface area contributed by atoms with Crippen molar-refractivity contribution in [3.8, 4) is 0 Å². The first-order chi connectivity index (χ1) is 8.97. The van der Waals surface area contributed by atoms with Crippen molar-refractivity contribution in [2.45, 2.75) is 19.1 Å². The zero-order valence-electron chi connectivity index (χ0n) is 10.1. The average Bonchev–Trinajstić information content (AvgIpc) is 2.38. The van der Waals surface area contributed by atoms with Gasteiger partial charge in [-0.2, -0.15) is 5.10 Å². The molecule has 0 aliphatic heterocycles. The molecule has 0 saturated carbocycles. The molecule has 0 bridgehead atoms. The number of hydrogen-bond donors (Lipinski definition) is 2. The summed E-state index contributed by atoms with van der Waals surface area (Å²) in [6, 6.07) is 0. The molecule has 1 aromatic rings. The van der Waals surface area contributed by atoms with E-state index in [1.807, 2.05) is 0 Å². The average molecular weight is 342 g/mol. The van der Waals surface area contributed by atoms with Crippen molar-refractivity contribution in [2.75, 3.05) is 25.6 Å². The van der Waals surface area contributed by atoms with Gasteiger partial charge in [-0.1, -0.05) is 0 Å². The van der Waals surface area contributed by atoms with E-state index in [4.69, 9.17) is 9.84 Å². The highest BCUT2D eigenvalue weighted by atomic mass is 79.9. The molecule has 0 spiro atoms. The fraction of sp³-hybridized carbons (Fsp3) is 0.600. The SMILES string of the molecule is COCCn1ncc(NCC(O)C(F)F)c(Br)c1=O. The lowest BCUT2D eigenvalue weighted by Crippen LogP contribution is -2.29. The van der Waals surface area contributed by atoms with Crippen molar-refractivity contribution in [3.05, 3.63) is 21.0 Å². The lowest BCUT2D eigenvalue weighted by molar-refractivity contribution is 0.00383. The first-order valence-electron chi connectivity index (χ1n) is 5.42. The maximum Gasteiger partial charge on any atom is 0.283 e. The van der Waals surface area contributed by atoms with Crippen molar-refractivity contribution in [1.82, 2.24) is 9.78 Å². The van der Waals surface area contributed by atoms with Gasteiger partial charge in [0.05, 0.1) is 25.0 Å². The summed E-state index contributed by atoms with van der Waals surface area (Å²) < 4.78 is 30.4. The molecule has 1 unspecified atom stereocenters. The molecular weight excluding hydrogens is 328 g/mol. The molecule has 0 fully saturated rings. The van der Waals surface area contributed by atoms with Crippen LogP contribution >= 0.6 is 15.9 Å². The molecule has 1 heterocycles. The van der Waals surface area contributed by atoms with E-state index in [-0.39, 0.29) is 23.2 Å². The minimum atomic E-state index is -2.85. The van der Waals surface area contributed by atoms with Crippen LogP contribution in [0, 0.1) is 0 Å². The number of ether oxygens (including phenoxy) is 1. The van der Waals surface area contributed by atoms with E-state index < -0.39 is 18.1 Å². The summed E-state index contributed by atoms with van der Waals surface area (Å²) in [6.45, 7) is 0.240. The van der Waals surface area contributed by atoms with Crippen molar-refractivity contribution in [1.29, 1.82) is 0 Å². The van der Waals surface area contributed by atoms with Crippen LogP contribution in [0.3, 0.4) is 0 Å². The molecule has 108 valence electrons. The zero-order chi connectivity index (χ0) is 14.4. The van der Waals surface area contributed by atoms with Gasteiger partial charge in [0.1, 0.15) is 10.6 Å². The topological polar surface area (TPSA) is 76.4 Å². The minimum Gasteiger partial charge on any atom is -0.385 e. The van der Waals surface area contributed by atoms with Crippen LogP contribution in [0.4, 0.5) is 14.5 Å². The number of aliphatic hydroxyl groups is 1. The normalized spacial score (nSPS) is 12.7. The first kappa shape index (κ1) is 16.0. The number of nitrogens with zero attached hydrogens (tertiary/aromatic N) is 2. The van der Waals surface area contributed by atoms with Crippen LogP contribution in [0.25, 0.3) is 0 Å². The van der Waals surface area contributed by atoms with Crippen LogP contribution in [0.15, 0.2) is 15.5 Å². The number of alkyl halides is 2. The number of halogens is 3. The minimum absolute atomic E-state index is 0.167. The van der Waals surface area contributed by atoms with E-state index in [1.54, 1.807) is 0 Å². The second kappa shape index (κ2) is 7.51. The van der Waals surface area contributed by atoms with Crippen LogP contribution in [0.2, 0.25) is 0 Å². The summed E-state index contributed by atoms with van der Waals surface area (Å²) in [6.07, 6.45) is -3.33. The summed E-state index contributed by atoms with van der Waals surface area (Å²) in [5.41, 5.74) is -0.160. The van der Waals surface area contributed by atoms with Gasteiger partial charge in [-0.15, -0.1) is 0 Å². The fourth-order valence-electron chi connectivity index (χ4n) is 1.23. The Morgan fingerprint density at radius 2 is 2.32 bits per heavy atom. The Bertz CT molecular complexity index is 470. The molecule has 0 aliphatic rings. The lowest BCUT2D eigenvalue weighted by atomic mass is 10.3. The molecule has 1 aromatic heterocycles. The highest BCUT2D eigenvalue weighted by Gasteiger charge is 2.17. The van der Waals surface area contributed by atoms with E-state index in [0.29, 0.717) is 6.61 Å². The van der Waals surface area contributed by atoms with E-state index in [0.717, 1.165) is 0 Å². The molecule has 2 N–H and O–H groups in total. The molecule has 0 radical (unpaired) electrons. The first-order valence-corrected chi connectivity index (χ1v) is 6.21. The quantitative estimate of drug-likeness (QED) is 0.763. The molecule has 0 aromatic carbocycles. The Balaban J connectivity index is 2.76. The number of rotatable bonds is 7. The summed E-state index contributed by atoms with van der Waals surface area (Å²) in [7, 11) is 1.50. The molecule has 6 nitrogen and oxygen atoms in total. The van der Waals surface area contributed by atoms with Crippen LogP contribution in [-0.2, 0) is 11.3 Å². The number of aliphatic hydroxyl groups excluding tert-OH is 1. The molecule has 1 rings (SSSR count). The summed E-state index contributed by atoms with van der Waals surface area (Å²) in [5, 5.41) is 15.4. The highest BCUT2D eigenvalue weighted by Crippen LogP contribution is 2.16. The second-order valence-electron chi connectivity index (χ2n) is 3.68. The van der Waals surface area contributed by atoms with Crippen LogP contribution in [0.1, 0.15) is 0 Å². The third kappa shape index (κ3) is 4.51. The summed E-state index contributed by atoms with van der Waals surface area (Å²) >= 11 is 3.06. The van der Waals surface area contributed by atoms with E-state index in [2.05, 4.69) is 26.3 Å². The smallest absolute Gasteiger partial charge is 0.283 e. The molecule has 0 saturated heterocycles. The van der Waals surface area contributed by atoms with Crippen molar-refractivity contribution in [3.63, 3.8) is 0 Å². The number of aromatic nitrogens is 2. The number of hydrogen-bond acceptors (Lipinski definition) is 5. The Hall–Kier alpha value is -1.06. The van der Waals surface area contributed by atoms with E-state index in [1.165, 1.54) is 18.0 Å².